The molecule has 2 aromatic rings. The van der Waals surface area contributed by atoms with Gasteiger partial charge in [0.15, 0.2) is 0 Å². The van der Waals surface area contributed by atoms with Crippen LogP contribution in [0.4, 0.5) is 0 Å². The summed E-state index contributed by atoms with van der Waals surface area (Å²) in [6.45, 7) is 2.11. The predicted molar refractivity (Wildman–Crippen MR) is 64.3 cm³/mol. The number of hydrogen-bond acceptors (Lipinski definition) is 4. The molecule has 0 aliphatic heterocycles. The first kappa shape index (κ1) is 11.4. The molecule has 0 fully saturated rings. The SMILES string of the molecule is CCOC(=O)c1ccc2ncccc2c1OC. The molecule has 1 aromatic heterocycles. The van der Waals surface area contributed by atoms with E-state index in [-0.39, 0.29) is 5.97 Å². The Morgan fingerprint density at radius 2 is 2.18 bits per heavy atom. The van der Waals surface area contributed by atoms with Crippen LogP contribution in [0.2, 0.25) is 0 Å². The number of pyridine rings is 1. The van der Waals surface area contributed by atoms with Gasteiger partial charge in [-0.1, -0.05) is 0 Å². The van der Waals surface area contributed by atoms with Crippen molar-refractivity contribution in [1.82, 2.24) is 4.98 Å². The molecule has 0 bridgehead atoms. The molecule has 0 saturated carbocycles. The summed E-state index contributed by atoms with van der Waals surface area (Å²) in [5.41, 5.74) is 1.22. The van der Waals surface area contributed by atoms with Crippen LogP contribution in [0.15, 0.2) is 30.5 Å². The molecule has 0 aliphatic carbocycles. The van der Waals surface area contributed by atoms with Gasteiger partial charge in [-0.05, 0) is 31.2 Å². The Balaban J connectivity index is 2.60. The molecule has 4 heteroatoms. The molecule has 17 heavy (non-hydrogen) atoms. The molecular weight excluding hydrogens is 218 g/mol. The average molecular weight is 231 g/mol. The summed E-state index contributed by atoms with van der Waals surface area (Å²) in [6, 6.07) is 7.12. The second-order valence-corrected chi connectivity index (χ2v) is 3.44. The van der Waals surface area contributed by atoms with Gasteiger partial charge in [-0.2, -0.15) is 0 Å². The van der Waals surface area contributed by atoms with Crippen molar-refractivity contribution in [3.8, 4) is 5.75 Å². The Morgan fingerprint density at radius 3 is 2.88 bits per heavy atom. The minimum Gasteiger partial charge on any atom is -0.495 e. The average Bonchev–Trinajstić information content (AvgIpc) is 2.37. The topological polar surface area (TPSA) is 48.4 Å². The molecule has 0 radical (unpaired) electrons. The van der Waals surface area contributed by atoms with Crippen molar-refractivity contribution in [1.29, 1.82) is 0 Å². The van der Waals surface area contributed by atoms with E-state index in [0.29, 0.717) is 17.9 Å². The number of rotatable bonds is 3. The van der Waals surface area contributed by atoms with Crippen molar-refractivity contribution in [2.45, 2.75) is 6.92 Å². The van der Waals surface area contributed by atoms with Crippen LogP contribution in [0, 0.1) is 0 Å². The lowest BCUT2D eigenvalue weighted by Gasteiger charge is -2.10. The van der Waals surface area contributed by atoms with Gasteiger partial charge < -0.3 is 9.47 Å². The molecule has 1 aromatic carbocycles. The molecule has 2 rings (SSSR count). The molecular formula is C13H13NO3. The van der Waals surface area contributed by atoms with E-state index in [0.717, 1.165) is 10.9 Å². The molecule has 0 unspecified atom stereocenters. The summed E-state index contributed by atoms with van der Waals surface area (Å²) < 4.78 is 10.3. The van der Waals surface area contributed by atoms with Gasteiger partial charge in [-0.25, -0.2) is 4.79 Å². The third kappa shape index (κ3) is 2.06. The van der Waals surface area contributed by atoms with Gasteiger partial charge in [-0.3, -0.25) is 4.98 Å². The van der Waals surface area contributed by atoms with Gasteiger partial charge in [0.05, 0.1) is 19.2 Å². The number of hydrogen-bond donors (Lipinski definition) is 0. The molecule has 0 spiro atoms. The highest BCUT2D eigenvalue weighted by Crippen LogP contribution is 2.28. The first-order valence-corrected chi connectivity index (χ1v) is 5.36. The van der Waals surface area contributed by atoms with Crippen molar-refractivity contribution in [3.05, 3.63) is 36.0 Å². The molecule has 0 N–H and O–H groups in total. The van der Waals surface area contributed by atoms with E-state index >= 15 is 0 Å². The van der Waals surface area contributed by atoms with E-state index in [2.05, 4.69) is 4.98 Å². The molecule has 0 aliphatic rings. The molecule has 1 heterocycles. The number of methoxy groups -OCH3 is 1. The standard InChI is InChI=1S/C13H13NO3/c1-3-17-13(15)10-6-7-11-9(12(10)16-2)5-4-8-14-11/h4-8H,3H2,1-2H3. The van der Waals surface area contributed by atoms with E-state index in [1.54, 1.807) is 31.3 Å². The largest absolute Gasteiger partial charge is 0.495 e. The van der Waals surface area contributed by atoms with Crippen LogP contribution in [-0.2, 0) is 4.74 Å². The van der Waals surface area contributed by atoms with Gasteiger partial charge in [-0.15, -0.1) is 0 Å². The Hall–Kier alpha value is -2.10. The second kappa shape index (κ2) is 4.82. The summed E-state index contributed by atoms with van der Waals surface area (Å²) in [7, 11) is 1.53. The van der Waals surface area contributed by atoms with Crippen LogP contribution in [-0.4, -0.2) is 24.7 Å². The highest BCUT2D eigenvalue weighted by molar-refractivity contribution is 6.00. The molecule has 0 saturated heterocycles. The van der Waals surface area contributed by atoms with Crippen molar-refractivity contribution in [3.63, 3.8) is 0 Å². The first-order valence-electron chi connectivity index (χ1n) is 5.36. The molecule has 0 amide bonds. The smallest absolute Gasteiger partial charge is 0.341 e. The summed E-state index contributed by atoms with van der Waals surface area (Å²) >= 11 is 0. The fourth-order valence-electron chi connectivity index (χ4n) is 1.71. The van der Waals surface area contributed by atoms with Crippen LogP contribution in [0.1, 0.15) is 17.3 Å². The maximum Gasteiger partial charge on any atom is 0.341 e. The van der Waals surface area contributed by atoms with Gasteiger partial charge in [0.1, 0.15) is 11.3 Å². The number of carbonyl (C=O) groups is 1. The zero-order valence-corrected chi connectivity index (χ0v) is 9.77. The fraction of sp³-hybridized carbons (Fsp3) is 0.231. The number of nitrogens with zero attached hydrogens (tertiary/aromatic N) is 1. The number of aromatic nitrogens is 1. The zero-order chi connectivity index (χ0) is 12.3. The maximum atomic E-state index is 11.7. The van der Waals surface area contributed by atoms with E-state index in [1.807, 2.05) is 6.07 Å². The van der Waals surface area contributed by atoms with E-state index in [4.69, 9.17) is 9.47 Å². The minimum atomic E-state index is -0.380. The summed E-state index contributed by atoms with van der Waals surface area (Å²) in [6.07, 6.45) is 1.70. The number of ether oxygens (including phenoxy) is 2. The van der Waals surface area contributed by atoms with Gasteiger partial charge in [0.2, 0.25) is 0 Å². The van der Waals surface area contributed by atoms with Crippen LogP contribution in [0.3, 0.4) is 0 Å². The monoisotopic (exact) mass is 231 g/mol. The highest BCUT2D eigenvalue weighted by atomic mass is 16.5. The lowest BCUT2D eigenvalue weighted by molar-refractivity contribution is 0.0523. The molecule has 4 nitrogen and oxygen atoms in total. The Morgan fingerprint density at radius 1 is 1.35 bits per heavy atom. The van der Waals surface area contributed by atoms with Gasteiger partial charge in [0.25, 0.3) is 0 Å². The van der Waals surface area contributed by atoms with Crippen molar-refractivity contribution >= 4 is 16.9 Å². The second-order valence-electron chi connectivity index (χ2n) is 3.44. The third-order valence-electron chi connectivity index (χ3n) is 2.44. The number of carbonyl (C=O) groups excluding carboxylic acids is 1. The normalized spacial score (nSPS) is 10.2. The Kier molecular flexibility index (Phi) is 3.23. The number of benzene rings is 1. The Bertz CT molecular complexity index is 551. The minimum absolute atomic E-state index is 0.340. The van der Waals surface area contributed by atoms with Crippen molar-refractivity contribution < 1.29 is 14.3 Å². The number of fused-ring (bicyclic) bond motifs is 1. The lowest BCUT2D eigenvalue weighted by atomic mass is 10.1. The molecule has 88 valence electrons. The third-order valence-corrected chi connectivity index (χ3v) is 2.44. The van der Waals surface area contributed by atoms with Crippen LogP contribution in [0.5, 0.6) is 5.75 Å². The summed E-state index contributed by atoms with van der Waals surface area (Å²) in [5, 5.41) is 0.806. The zero-order valence-electron chi connectivity index (χ0n) is 9.77. The van der Waals surface area contributed by atoms with E-state index in [1.165, 1.54) is 7.11 Å². The van der Waals surface area contributed by atoms with Gasteiger partial charge >= 0.3 is 5.97 Å². The van der Waals surface area contributed by atoms with E-state index in [9.17, 15) is 4.79 Å². The van der Waals surface area contributed by atoms with Crippen molar-refractivity contribution in [2.24, 2.45) is 0 Å². The van der Waals surface area contributed by atoms with E-state index < -0.39 is 0 Å². The lowest BCUT2D eigenvalue weighted by Crippen LogP contribution is -2.07. The highest BCUT2D eigenvalue weighted by Gasteiger charge is 2.16. The first-order chi connectivity index (χ1) is 8.27. The maximum absolute atomic E-state index is 11.7. The van der Waals surface area contributed by atoms with Gasteiger partial charge in [0, 0.05) is 11.6 Å². The van der Waals surface area contributed by atoms with Crippen molar-refractivity contribution in [2.75, 3.05) is 13.7 Å². The molecule has 0 atom stereocenters. The van der Waals surface area contributed by atoms with Crippen LogP contribution < -0.4 is 4.74 Å². The van der Waals surface area contributed by atoms with Crippen LogP contribution >= 0.6 is 0 Å². The summed E-state index contributed by atoms with van der Waals surface area (Å²) in [5.74, 6) is 0.129. The quantitative estimate of drug-likeness (QED) is 0.761. The van der Waals surface area contributed by atoms with Crippen LogP contribution in [0.25, 0.3) is 10.9 Å². The predicted octanol–water partition coefficient (Wildman–Crippen LogP) is 2.42. The fourth-order valence-corrected chi connectivity index (χ4v) is 1.71. The summed E-state index contributed by atoms with van der Waals surface area (Å²) in [4.78, 5) is 15.9. The number of esters is 1. The Labute approximate surface area is 99.2 Å².